The molecule has 3 aliphatic heterocycles. The average Bonchev–Trinajstić information content (AvgIpc) is 3.56. The third-order valence-corrected chi connectivity index (χ3v) is 9.87. The molecule has 4 aromatic rings. The van der Waals surface area contributed by atoms with Crippen molar-refractivity contribution >= 4 is 11.8 Å². The van der Waals surface area contributed by atoms with E-state index in [-0.39, 0.29) is 58.1 Å². The molecule has 6 atom stereocenters. The lowest BCUT2D eigenvalue weighted by Crippen LogP contribution is -2.58. The molecule has 6 unspecified atom stereocenters. The van der Waals surface area contributed by atoms with Crippen LogP contribution in [0.2, 0.25) is 0 Å². The molecule has 17 nitrogen and oxygen atoms in total. The molecule has 4 aromatic carbocycles. The van der Waals surface area contributed by atoms with Crippen molar-refractivity contribution in [3.05, 3.63) is 82.1 Å². The van der Waals surface area contributed by atoms with E-state index in [0.717, 1.165) is 42.5 Å². The first kappa shape index (κ1) is 33.3. The van der Waals surface area contributed by atoms with Gasteiger partial charge in [-0.1, -0.05) is 0 Å². The van der Waals surface area contributed by atoms with E-state index in [1.54, 1.807) is 0 Å². The van der Waals surface area contributed by atoms with Gasteiger partial charge in [0.15, 0.2) is 52.3 Å². The number of ether oxygens (including phenoxy) is 4. The molecule has 17 heteroatoms. The molecule has 0 saturated heterocycles. The van der Waals surface area contributed by atoms with Crippen molar-refractivity contribution in [1.82, 2.24) is 0 Å². The summed E-state index contributed by atoms with van der Waals surface area (Å²) in [6, 6.07) is 6.94. The fourth-order valence-electron chi connectivity index (χ4n) is 7.54. The molecule has 0 aromatic heterocycles. The maximum absolute atomic E-state index is 14.0. The van der Waals surface area contributed by atoms with Gasteiger partial charge >= 0.3 is 5.97 Å². The number of carbonyl (C=O) groups excluding carboxylic acids is 2. The minimum absolute atomic E-state index is 0.0271. The first-order valence-corrected chi connectivity index (χ1v) is 15.9. The van der Waals surface area contributed by atoms with Crippen molar-refractivity contribution in [3.63, 3.8) is 0 Å². The summed E-state index contributed by atoms with van der Waals surface area (Å²) in [5, 5.41) is 116. The van der Waals surface area contributed by atoms with Crippen LogP contribution in [-0.4, -0.2) is 91.8 Å². The molecule has 0 amide bonds. The number of fused-ring (bicyclic) bond motifs is 5. The summed E-state index contributed by atoms with van der Waals surface area (Å²) in [6.45, 7) is 0. The number of esters is 1. The van der Waals surface area contributed by atoms with Crippen LogP contribution >= 0.6 is 0 Å². The lowest BCUT2D eigenvalue weighted by molar-refractivity contribution is -0.125. The highest BCUT2D eigenvalue weighted by Crippen LogP contribution is 2.61. The van der Waals surface area contributed by atoms with Crippen LogP contribution in [0, 0.1) is 0 Å². The zero-order valence-corrected chi connectivity index (χ0v) is 26.8. The Kier molecular flexibility index (Phi) is 7.10. The van der Waals surface area contributed by atoms with E-state index in [0.29, 0.717) is 0 Å². The fraction of sp³-hybridized carbons (Fsp3) is 0.222. The minimum atomic E-state index is -2.24. The Morgan fingerprint density at radius 2 is 1.30 bits per heavy atom. The minimum Gasteiger partial charge on any atom is -0.508 e. The van der Waals surface area contributed by atoms with Gasteiger partial charge < -0.3 is 75.1 Å². The third kappa shape index (κ3) is 4.88. The van der Waals surface area contributed by atoms with E-state index in [4.69, 9.17) is 18.9 Å². The van der Waals surface area contributed by atoms with Gasteiger partial charge in [0, 0.05) is 65.4 Å². The molecule has 4 aliphatic rings. The van der Waals surface area contributed by atoms with E-state index < -0.39 is 105 Å². The van der Waals surface area contributed by atoms with Gasteiger partial charge in [0.05, 0.1) is 11.7 Å². The number of aliphatic hydroxyl groups excluding tert-OH is 2. The molecular formula is C36H28O17. The molecule has 53 heavy (non-hydrogen) atoms. The van der Waals surface area contributed by atoms with Crippen LogP contribution in [-0.2, 0) is 22.4 Å². The topological polar surface area (TPSA) is 294 Å². The van der Waals surface area contributed by atoms with E-state index in [9.17, 15) is 65.8 Å². The second kappa shape index (κ2) is 11.3. The molecule has 0 bridgehead atoms. The molecule has 3 heterocycles. The van der Waals surface area contributed by atoms with E-state index in [1.165, 1.54) is 6.07 Å². The number of aromatic hydroxyl groups is 9. The molecule has 0 spiro atoms. The van der Waals surface area contributed by atoms with Gasteiger partial charge in [0.25, 0.3) is 0 Å². The highest BCUT2D eigenvalue weighted by molar-refractivity contribution is 6.05. The SMILES string of the molecule is O=C(OC1Cc2c(O)cc(O)cc2OC1C12C=C(O)C(=O)C1c1c(C3Oc4cc(O)cc(O)c4CC3O)cc(O)c(O)c1O2)c1cc(O)c(O)c(O)c1. The van der Waals surface area contributed by atoms with Crippen molar-refractivity contribution in [1.29, 1.82) is 0 Å². The standard InChI is InChI=1S/C36H28O17/c37-12-3-17(39)14-7-22(44)32(50-24(14)5-12)16-8-21(43)31(48)33-27(16)28-30(47)23(45)10-36(28,53-33)34-26(9-15-18(40)4-13(38)6-25(15)51-34)52-35(49)11-1-19(41)29(46)20(42)2-11/h1-6,8,10,22,26,28,32,34,37-46,48H,7,9H2. The predicted molar refractivity (Wildman–Crippen MR) is 173 cm³/mol. The zero-order valence-electron chi connectivity index (χ0n) is 26.8. The summed E-state index contributed by atoms with van der Waals surface area (Å²) in [4.78, 5) is 27.5. The number of hydrogen-bond acceptors (Lipinski definition) is 17. The third-order valence-electron chi connectivity index (χ3n) is 9.87. The number of Topliss-reactive ketones (excluding diaryl/α,β-unsaturated/α-hetero) is 1. The Morgan fingerprint density at radius 1 is 0.717 bits per heavy atom. The van der Waals surface area contributed by atoms with Gasteiger partial charge in [0.1, 0.15) is 46.5 Å². The van der Waals surface area contributed by atoms with Gasteiger partial charge in [0.2, 0.25) is 11.5 Å². The van der Waals surface area contributed by atoms with Gasteiger partial charge in [-0.3, -0.25) is 4.79 Å². The summed E-state index contributed by atoms with van der Waals surface area (Å²) >= 11 is 0. The van der Waals surface area contributed by atoms with Crippen LogP contribution in [0.1, 0.15) is 44.6 Å². The number of carbonyl (C=O) groups is 2. The molecule has 0 radical (unpaired) electrons. The largest absolute Gasteiger partial charge is 0.508 e. The lowest BCUT2D eigenvalue weighted by atomic mass is 9.75. The Balaban J connectivity index is 1.27. The van der Waals surface area contributed by atoms with Crippen molar-refractivity contribution in [2.45, 2.75) is 48.8 Å². The molecule has 11 N–H and O–H groups in total. The molecule has 1 aliphatic carbocycles. The van der Waals surface area contributed by atoms with Gasteiger partial charge in [-0.05, 0) is 18.2 Å². The molecule has 274 valence electrons. The molecule has 8 rings (SSSR count). The monoisotopic (exact) mass is 732 g/mol. The average molecular weight is 733 g/mol. The van der Waals surface area contributed by atoms with Crippen molar-refractivity contribution in [2.75, 3.05) is 0 Å². The zero-order chi connectivity index (χ0) is 37.8. The number of aliphatic hydroxyl groups is 2. The van der Waals surface area contributed by atoms with Crippen LogP contribution < -0.4 is 14.2 Å². The molecular weight excluding hydrogens is 704 g/mol. The quantitative estimate of drug-likeness (QED) is 0.106. The van der Waals surface area contributed by atoms with Crippen LogP contribution in [0.4, 0.5) is 0 Å². The molecule has 0 saturated carbocycles. The summed E-state index contributed by atoms with van der Waals surface area (Å²) in [6.07, 6.45) is -5.83. The molecule has 0 fully saturated rings. The van der Waals surface area contributed by atoms with E-state index in [1.807, 2.05) is 0 Å². The van der Waals surface area contributed by atoms with E-state index in [2.05, 4.69) is 0 Å². The van der Waals surface area contributed by atoms with Crippen LogP contribution in [0.3, 0.4) is 0 Å². The van der Waals surface area contributed by atoms with Crippen LogP contribution in [0.5, 0.6) is 69.0 Å². The predicted octanol–water partition coefficient (Wildman–Crippen LogP) is 2.54. The number of benzene rings is 4. The van der Waals surface area contributed by atoms with Crippen molar-refractivity contribution < 1.29 is 84.7 Å². The van der Waals surface area contributed by atoms with Gasteiger partial charge in [-0.15, -0.1) is 0 Å². The Morgan fingerprint density at radius 3 is 1.94 bits per heavy atom. The normalized spacial score (nSPS) is 25.1. The number of hydrogen-bond donors (Lipinski definition) is 11. The Labute approximate surface area is 296 Å². The summed E-state index contributed by atoms with van der Waals surface area (Å²) in [5.41, 5.74) is -2.81. The fourth-order valence-corrected chi connectivity index (χ4v) is 7.54. The Hall–Kier alpha value is -6.88. The highest BCUT2D eigenvalue weighted by Gasteiger charge is 2.66. The number of rotatable bonds is 4. The van der Waals surface area contributed by atoms with Crippen LogP contribution in [0.25, 0.3) is 0 Å². The lowest BCUT2D eigenvalue weighted by Gasteiger charge is -2.42. The second-order valence-electron chi connectivity index (χ2n) is 13.1. The maximum Gasteiger partial charge on any atom is 0.338 e. The smallest absolute Gasteiger partial charge is 0.338 e. The second-order valence-corrected chi connectivity index (χ2v) is 13.1. The Bertz CT molecular complexity index is 2290. The number of ketones is 1. The summed E-state index contributed by atoms with van der Waals surface area (Å²) in [5.74, 6) is -11.4. The number of phenolic OH excluding ortho intramolecular Hbond substituents is 9. The highest BCUT2D eigenvalue weighted by atomic mass is 16.6. The number of allylic oxidation sites excluding steroid dienone is 1. The first-order valence-electron chi connectivity index (χ1n) is 15.9. The first-order chi connectivity index (χ1) is 25.1. The van der Waals surface area contributed by atoms with Gasteiger partial charge in [-0.25, -0.2) is 4.79 Å². The maximum atomic E-state index is 14.0. The van der Waals surface area contributed by atoms with Crippen molar-refractivity contribution in [2.24, 2.45) is 0 Å². The van der Waals surface area contributed by atoms with Crippen LogP contribution in [0.15, 0.2) is 54.3 Å². The van der Waals surface area contributed by atoms with E-state index >= 15 is 0 Å². The van der Waals surface area contributed by atoms with Gasteiger partial charge in [-0.2, -0.15) is 0 Å². The number of phenols is 9. The van der Waals surface area contributed by atoms with Crippen molar-refractivity contribution in [3.8, 4) is 69.0 Å². The summed E-state index contributed by atoms with van der Waals surface area (Å²) < 4.78 is 24.3. The summed E-state index contributed by atoms with van der Waals surface area (Å²) in [7, 11) is 0.